The maximum absolute atomic E-state index is 13.0. The van der Waals surface area contributed by atoms with Gasteiger partial charge in [0.25, 0.3) is 0 Å². The summed E-state index contributed by atoms with van der Waals surface area (Å²) in [4.78, 5) is 29.5. The van der Waals surface area contributed by atoms with Gasteiger partial charge in [-0.3, -0.25) is 4.79 Å². The third-order valence-corrected chi connectivity index (χ3v) is 7.33. The predicted molar refractivity (Wildman–Crippen MR) is 118 cm³/mol. The summed E-state index contributed by atoms with van der Waals surface area (Å²) in [6.45, 7) is 5.33. The maximum Gasteiger partial charge on any atom is 0.317 e. The van der Waals surface area contributed by atoms with Crippen molar-refractivity contribution in [2.24, 2.45) is 11.3 Å². The van der Waals surface area contributed by atoms with E-state index in [1.54, 1.807) is 7.11 Å². The minimum absolute atomic E-state index is 0.0454. The minimum Gasteiger partial charge on any atom is -0.497 e. The van der Waals surface area contributed by atoms with Crippen molar-refractivity contribution < 1.29 is 19.1 Å². The Bertz CT molecular complexity index is 755. The Morgan fingerprint density at radius 3 is 2.52 bits per heavy atom. The van der Waals surface area contributed by atoms with Crippen molar-refractivity contribution in [1.29, 1.82) is 0 Å². The molecule has 1 atom stereocenters. The lowest BCUT2D eigenvalue weighted by Crippen LogP contribution is -2.45. The second-order valence-corrected chi connectivity index (χ2v) is 9.17. The van der Waals surface area contributed by atoms with Crippen LogP contribution in [0.3, 0.4) is 0 Å². The van der Waals surface area contributed by atoms with E-state index in [9.17, 15) is 9.59 Å². The van der Waals surface area contributed by atoms with Crippen molar-refractivity contribution in [2.45, 2.75) is 38.5 Å². The van der Waals surface area contributed by atoms with Gasteiger partial charge in [0.15, 0.2) is 0 Å². The first kappa shape index (κ1) is 21.9. The Morgan fingerprint density at radius 1 is 1.13 bits per heavy atom. The van der Waals surface area contributed by atoms with Crippen molar-refractivity contribution in [2.75, 3.05) is 53.0 Å². The molecular weight excluding hydrogens is 394 g/mol. The monoisotopic (exact) mass is 429 g/mol. The Kier molecular flexibility index (Phi) is 7.00. The van der Waals surface area contributed by atoms with Gasteiger partial charge in [-0.1, -0.05) is 12.1 Å². The number of urea groups is 1. The number of nitrogens with one attached hydrogen (secondary N) is 1. The number of likely N-dealkylation sites (tertiary alicyclic amines) is 2. The molecule has 170 valence electrons. The highest BCUT2D eigenvalue weighted by Gasteiger charge is 2.48. The van der Waals surface area contributed by atoms with E-state index >= 15 is 0 Å². The third kappa shape index (κ3) is 5.14. The number of methoxy groups -OCH3 is 1. The number of benzene rings is 1. The van der Waals surface area contributed by atoms with Gasteiger partial charge in [-0.25, -0.2) is 4.79 Å². The van der Waals surface area contributed by atoms with E-state index in [2.05, 4.69) is 5.32 Å². The molecule has 4 rings (SSSR count). The van der Waals surface area contributed by atoms with Crippen LogP contribution in [0.1, 0.15) is 37.7 Å². The lowest BCUT2D eigenvalue weighted by atomic mass is 9.72. The highest BCUT2D eigenvalue weighted by atomic mass is 16.5. The van der Waals surface area contributed by atoms with Crippen molar-refractivity contribution >= 4 is 11.9 Å². The lowest BCUT2D eigenvalue weighted by Gasteiger charge is -2.38. The van der Waals surface area contributed by atoms with Crippen LogP contribution in [-0.2, 0) is 16.0 Å². The number of amides is 3. The predicted octanol–water partition coefficient (Wildman–Crippen LogP) is 2.69. The van der Waals surface area contributed by atoms with E-state index in [1.807, 2.05) is 34.1 Å². The van der Waals surface area contributed by atoms with Crippen LogP contribution in [0.5, 0.6) is 5.75 Å². The fraction of sp³-hybridized carbons (Fsp3) is 0.667. The van der Waals surface area contributed by atoms with Crippen molar-refractivity contribution in [3.63, 3.8) is 0 Å². The number of aryl methyl sites for hydroxylation is 1. The van der Waals surface area contributed by atoms with Crippen LogP contribution in [0.2, 0.25) is 0 Å². The van der Waals surface area contributed by atoms with E-state index in [1.165, 1.54) is 0 Å². The Balaban J connectivity index is 1.34. The summed E-state index contributed by atoms with van der Waals surface area (Å²) < 4.78 is 10.8. The molecule has 31 heavy (non-hydrogen) atoms. The largest absolute Gasteiger partial charge is 0.497 e. The molecule has 3 heterocycles. The molecule has 1 aromatic carbocycles. The average Bonchev–Trinajstić information content (AvgIpc) is 3.46. The summed E-state index contributed by atoms with van der Waals surface area (Å²) >= 11 is 0. The summed E-state index contributed by atoms with van der Waals surface area (Å²) in [5.74, 6) is 1.32. The number of hydrogen-bond donors (Lipinski definition) is 1. The van der Waals surface area contributed by atoms with Crippen LogP contribution in [0.25, 0.3) is 0 Å². The summed E-state index contributed by atoms with van der Waals surface area (Å²) in [5, 5.41) is 3.16. The normalized spacial score (nSPS) is 22.7. The molecule has 0 bridgehead atoms. The SMILES string of the molecule is COc1ccc(CCC(=O)N2CC(CNC(=O)N3CCCC3)C3(CCOCC3)C2)cc1. The van der Waals surface area contributed by atoms with Gasteiger partial charge in [0.2, 0.25) is 5.91 Å². The quantitative estimate of drug-likeness (QED) is 0.755. The second kappa shape index (κ2) is 9.90. The number of rotatable bonds is 6. The third-order valence-electron chi connectivity index (χ3n) is 7.33. The van der Waals surface area contributed by atoms with Crippen molar-refractivity contribution in [1.82, 2.24) is 15.1 Å². The van der Waals surface area contributed by atoms with E-state index in [0.717, 1.165) is 82.8 Å². The molecule has 7 heteroatoms. The average molecular weight is 430 g/mol. The van der Waals surface area contributed by atoms with Crippen LogP contribution in [-0.4, -0.2) is 74.8 Å². The van der Waals surface area contributed by atoms with Crippen LogP contribution in [0, 0.1) is 11.3 Å². The van der Waals surface area contributed by atoms with Gasteiger partial charge in [0.1, 0.15) is 5.75 Å². The highest BCUT2D eigenvalue weighted by Crippen LogP contribution is 2.44. The summed E-state index contributed by atoms with van der Waals surface area (Å²) in [6.07, 6.45) is 5.33. The molecule has 1 unspecified atom stereocenters. The zero-order valence-electron chi connectivity index (χ0n) is 18.6. The Morgan fingerprint density at radius 2 is 1.84 bits per heavy atom. The van der Waals surface area contributed by atoms with Crippen molar-refractivity contribution in [3.8, 4) is 5.75 Å². The van der Waals surface area contributed by atoms with Gasteiger partial charge in [-0.2, -0.15) is 0 Å². The molecule has 0 saturated carbocycles. The van der Waals surface area contributed by atoms with Gasteiger partial charge < -0.3 is 24.6 Å². The van der Waals surface area contributed by atoms with Crippen LogP contribution in [0.15, 0.2) is 24.3 Å². The Labute approximate surface area is 185 Å². The summed E-state index contributed by atoms with van der Waals surface area (Å²) in [5.41, 5.74) is 1.20. The molecule has 7 nitrogen and oxygen atoms in total. The van der Waals surface area contributed by atoms with Crippen LogP contribution >= 0.6 is 0 Å². The van der Waals surface area contributed by atoms with Gasteiger partial charge in [-0.05, 0) is 55.2 Å². The molecule has 0 radical (unpaired) electrons. The number of ether oxygens (including phenoxy) is 2. The molecule has 3 fully saturated rings. The fourth-order valence-corrected chi connectivity index (χ4v) is 5.29. The van der Waals surface area contributed by atoms with E-state index in [4.69, 9.17) is 9.47 Å². The number of hydrogen-bond acceptors (Lipinski definition) is 4. The van der Waals surface area contributed by atoms with Crippen LogP contribution in [0.4, 0.5) is 4.79 Å². The van der Waals surface area contributed by atoms with E-state index < -0.39 is 0 Å². The first-order valence-electron chi connectivity index (χ1n) is 11.6. The van der Waals surface area contributed by atoms with E-state index in [0.29, 0.717) is 13.0 Å². The number of carbonyl (C=O) groups is 2. The molecule has 3 saturated heterocycles. The molecule has 0 aliphatic carbocycles. The molecular formula is C24H35N3O4. The summed E-state index contributed by atoms with van der Waals surface area (Å²) in [6, 6.07) is 7.96. The second-order valence-electron chi connectivity index (χ2n) is 9.17. The fourth-order valence-electron chi connectivity index (χ4n) is 5.29. The molecule has 1 aromatic rings. The Hall–Kier alpha value is -2.28. The molecule has 1 spiro atoms. The smallest absolute Gasteiger partial charge is 0.317 e. The molecule has 1 N–H and O–H groups in total. The van der Waals surface area contributed by atoms with Gasteiger partial charge in [0, 0.05) is 58.3 Å². The molecule has 3 aliphatic heterocycles. The van der Waals surface area contributed by atoms with Crippen molar-refractivity contribution in [3.05, 3.63) is 29.8 Å². The first-order valence-corrected chi connectivity index (χ1v) is 11.6. The standard InChI is InChI=1S/C24H35N3O4/c1-30-21-7-4-19(5-8-21)6-9-22(28)27-17-20(24(18-27)10-14-31-15-11-24)16-25-23(29)26-12-2-3-13-26/h4-5,7-8,20H,2-3,6,9-18H2,1H3,(H,25,29). The maximum atomic E-state index is 13.0. The van der Waals surface area contributed by atoms with Crippen LogP contribution < -0.4 is 10.1 Å². The van der Waals surface area contributed by atoms with Gasteiger partial charge in [-0.15, -0.1) is 0 Å². The van der Waals surface area contributed by atoms with Gasteiger partial charge in [0.05, 0.1) is 7.11 Å². The zero-order chi connectivity index (χ0) is 21.7. The topological polar surface area (TPSA) is 71.1 Å². The lowest BCUT2D eigenvalue weighted by molar-refractivity contribution is -0.130. The minimum atomic E-state index is 0.0454. The molecule has 3 aliphatic rings. The first-order chi connectivity index (χ1) is 15.1. The van der Waals surface area contributed by atoms with E-state index in [-0.39, 0.29) is 23.3 Å². The summed E-state index contributed by atoms with van der Waals surface area (Å²) in [7, 11) is 1.65. The zero-order valence-corrected chi connectivity index (χ0v) is 18.6. The molecule has 0 aromatic heterocycles. The molecule has 3 amide bonds. The highest BCUT2D eigenvalue weighted by molar-refractivity contribution is 5.77. The number of nitrogens with zero attached hydrogens (tertiary/aromatic N) is 2. The number of carbonyl (C=O) groups excluding carboxylic acids is 2. The van der Waals surface area contributed by atoms with Gasteiger partial charge >= 0.3 is 6.03 Å².